The second-order valence-corrected chi connectivity index (χ2v) is 8.27. The number of aromatic nitrogens is 2. The molecule has 1 heterocycles. The number of benzene rings is 2. The summed E-state index contributed by atoms with van der Waals surface area (Å²) < 4.78 is 13.4. The predicted molar refractivity (Wildman–Crippen MR) is 113 cm³/mol. The summed E-state index contributed by atoms with van der Waals surface area (Å²) in [4.78, 5) is 24.2. The van der Waals surface area contributed by atoms with Crippen molar-refractivity contribution < 1.29 is 14.0 Å². The van der Waals surface area contributed by atoms with Crippen LogP contribution in [0, 0.1) is 5.82 Å². The second-order valence-electron chi connectivity index (χ2n) is 6.07. The summed E-state index contributed by atoms with van der Waals surface area (Å²) in [6.45, 7) is 2.56. The Labute approximate surface area is 175 Å². The van der Waals surface area contributed by atoms with Crippen molar-refractivity contribution >= 4 is 40.6 Å². The minimum absolute atomic E-state index is 0.123. The predicted octanol–water partition coefficient (Wildman–Crippen LogP) is 3.90. The maximum Gasteiger partial charge on any atom is 0.286 e. The molecule has 0 aliphatic heterocycles. The van der Waals surface area contributed by atoms with Crippen LogP contribution in [0.2, 0.25) is 0 Å². The third-order valence-corrected chi connectivity index (χ3v) is 6.01. The smallest absolute Gasteiger partial charge is 0.286 e. The minimum atomic E-state index is -0.430. The maximum atomic E-state index is 12.9. The molecule has 1 aromatic heterocycles. The zero-order chi connectivity index (χ0) is 20.6. The van der Waals surface area contributed by atoms with Crippen molar-refractivity contribution in [1.29, 1.82) is 0 Å². The Morgan fingerprint density at radius 1 is 1.03 bits per heavy atom. The van der Waals surface area contributed by atoms with Crippen molar-refractivity contribution in [2.75, 3.05) is 11.1 Å². The first-order valence-electron chi connectivity index (χ1n) is 8.91. The fourth-order valence-electron chi connectivity index (χ4n) is 2.35. The molecule has 0 saturated carbocycles. The lowest BCUT2D eigenvalue weighted by Gasteiger charge is -2.05. The van der Waals surface area contributed by atoms with Crippen molar-refractivity contribution in [2.24, 2.45) is 0 Å². The maximum absolute atomic E-state index is 12.9. The van der Waals surface area contributed by atoms with Crippen LogP contribution >= 0.6 is 23.1 Å². The van der Waals surface area contributed by atoms with Crippen LogP contribution in [-0.4, -0.2) is 27.8 Å². The summed E-state index contributed by atoms with van der Waals surface area (Å²) in [7, 11) is 0. The average molecular weight is 431 g/mol. The molecule has 0 aliphatic rings. The Morgan fingerprint density at radius 3 is 2.41 bits per heavy atom. The van der Waals surface area contributed by atoms with Crippen molar-refractivity contribution in [3.8, 4) is 0 Å². The molecule has 2 amide bonds. The number of rotatable bonds is 8. The lowest BCUT2D eigenvalue weighted by molar-refractivity contribution is -0.118. The summed E-state index contributed by atoms with van der Waals surface area (Å²) in [6.07, 6.45) is 0.981. The molecule has 29 heavy (non-hydrogen) atoms. The van der Waals surface area contributed by atoms with Gasteiger partial charge in [0.2, 0.25) is 10.9 Å². The number of nitrogens with zero attached hydrogens (tertiary/aromatic N) is 2. The van der Waals surface area contributed by atoms with Crippen LogP contribution in [0.4, 0.5) is 10.1 Å². The van der Waals surface area contributed by atoms with Gasteiger partial charge in [-0.05, 0) is 41.8 Å². The van der Waals surface area contributed by atoms with Crippen LogP contribution in [-0.2, 0) is 17.8 Å². The quantitative estimate of drug-likeness (QED) is 0.530. The number of hydrogen-bond acceptors (Lipinski definition) is 6. The number of nitrogens with one attached hydrogen (secondary N) is 2. The average Bonchev–Trinajstić information content (AvgIpc) is 3.22. The summed E-state index contributed by atoms with van der Waals surface area (Å²) in [5.41, 5.74) is 2.76. The Kier molecular flexibility index (Phi) is 7.31. The minimum Gasteiger partial charge on any atom is -0.351 e. The van der Waals surface area contributed by atoms with E-state index in [0.29, 0.717) is 16.6 Å². The highest BCUT2D eigenvalue weighted by Gasteiger charge is 2.14. The Balaban J connectivity index is 1.44. The van der Waals surface area contributed by atoms with Gasteiger partial charge in [-0.1, -0.05) is 54.3 Å². The summed E-state index contributed by atoms with van der Waals surface area (Å²) in [5.74, 6) is -0.752. The Morgan fingerprint density at radius 2 is 1.72 bits per heavy atom. The highest BCUT2D eigenvalue weighted by molar-refractivity contribution is 8.01. The first-order valence-corrected chi connectivity index (χ1v) is 10.7. The normalized spacial score (nSPS) is 10.6. The van der Waals surface area contributed by atoms with E-state index in [1.165, 1.54) is 41.6 Å². The van der Waals surface area contributed by atoms with Crippen LogP contribution < -0.4 is 10.6 Å². The molecular formula is C20H19FN4O2S2. The number of halogens is 1. The van der Waals surface area contributed by atoms with Gasteiger partial charge in [0.25, 0.3) is 5.91 Å². The van der Waals surface area contributed by atoms with Gasteiger partial charge < -0.3 is 10.6 Å². The highest BCUT2D eigenvalue weighted by atomic mass is 32.2. The molecule has 0 fully saturated rings. The number of thioether (sulfide) groups is 1. The molecule has 0 radical (unpaired) electrons. The molecule has 0 atom stereocenters. The zero-order valence-electron chi connectivity index (χ0n) is 15.6. The van der Waals surface area contributed by atoms with Gasteiger partial charge in [-0.2, -0.15) is 0 Å². The number of aryl methyl sites for hydroxylation is 1. The number of carbonyl (C=O) groups is 2. The van der Waals surface area contributed by atoms with Crippen molar-refractivity contribution in [3.05, 3.63) is 70.5 Å². The topological polar surface area (TPSA) is 84.0 Å². The third kappa shape index (κ3) is 6.37. The van der Waals surface area contributed by atoms with Crippen LogP contribution in [0.5, 0.6) is 0 Å². The van der Waals surface area contributed by atoms with Gasteiger partial charge in [0, 0.05) is 12.2 Å². The summed E-state index contributed by atoms with van der Waals surface area (Å²) in [5, 5.41) is 13.4. The van der Waals surface area contributed by atoms with E-state index in [2.05, 4.69) is 39.9 Å². The molecule has 0 unspecified atom stereocenters. The first kappa shape index (κ1) is 20.9. The van der Waals surface area contributed by atoms with Crippen molar-refractivity contribution in [2.45, 2.75) is 24.2 Å². The fraction of sp³-hybridized carbons (Fsp3) is 0.200. The Hall–Kier alpha value is -2.78. The molecule has 9 heteroatoms. The van der Waals surface area contributed by atoms with Crippen LogP contribution in [0.15, 0.2) is 52.9 Å². The zero-order valence-corrected chi connectivity index (χ0v) is 17.3. The van der Waals surface area contributed by atoms with Gasteiger partial charge in [0.1, 0.15) is 5.82 Å². The molecule has 150 valence electrons. The number of anilines is 1. The monoisotopic (exact) mass is 430 g/mol. The van der Waals surface area contributed by atoms with Crippen LogP contribution in [0.1, 0.15) is 27.9 Å². The van der Waals surface area contributed by atoms with Gasteiger partial charge >= 0.3 is 0 Å². The number of hydrogen-bond donors (Lipinski definition) is 2. The SMILES string of the molecule is CCc1ccc(CNC(=O)CSc2nnc(C(=O)Nc3ccc(F)cc3)s2)cc1. The van der Waals surface area contributed by atoms with E-state index in [0.717, 1.165) is 23.3 Å². The molecule has 3 aromatic rings. The van der Waals surface area contributed by atoms with E-state index in [1.807, 2.05) is 12.1 Å². The Bertz CT molecular complexity index is 975. The van der Waals surface area contributed by atoms with Gasteiger partial charge in [0.05, 0.1) is 5.75 Å². The lowest BCUT2D eigenvalue weighted by Crippen LogP contribution is -2.24. The van der Waals surface area contributed by atoms with Crippen LogP contribution in [0.25, 0.3) is 0 Å². The molecular weight excluding hydrogens is 411 g/mol. The molecule has 2 aromatic carbocycles. The van der Waals surface area contributed by atoms with E-state index in [1.54, 1.807) is 0 Å². The van der Waals surface area contributed by atoms with E-state index in [-0.39, 0.29) is 22.5 Å². The van der Waals surface area contributed by atoms with E-state index in [4.69, 9.17) is 0 Å². The van der Waals surface area contributed by atoms with E-state index in [9.17, 15) is 14.0 Å². The molecule has 0 bridgehead atoms. The van der Waals surface area contributed by atoms with Crippen LogP contribution in [0.3, 0.4) is 0 Å². The number of amides is 2. The molecule has 0 aliphatic carbocycles. The standard InChI is InChI=1S/C20H19FN4O2S2/c1-2-13-3-5-14(6-4-13)11-22-17(26)12-28-20-25-24-19(29-20)18(27)23-16-9-7-15(21)8-10-16/h3-10H,2,11-12H2,1H3,(H,22,26)(H,23,27). The highest BCUT2D eigenvalue weighted by Crippen LogP contribution is 2.23. The van der Waals surface area contributed by atoms with Crippen molar-refractivity contribution in [3.63, 3.8) is 0 Å². The molecule has 6 nitrogen and oxygen atoms in total. The first-order chi connectivity index (χ1) is 14.0. The third-order valence-electron chi connectivity index (χ3n) is 3.95. The van der Waals surface area contributed by atoms with Crippen molar-refractivity contribution in [1.82, 2.24) is 15.5 Å². The van der Waals surface area contributed by atoms with Gasteiger partial charge in [-0.25, -0.2) is 4.39 Å². The molecule has 3 rings (SSSR count). The van der Waals surface area contributed by atoms with E-state index >= 15 is 0 Å². The van der Waals surface area contributed by atoms with E-state index < -0.39 is 5.91 Å². The van der Waals surface area contributed by atoms with Gasteiger partial charge in [0.15, 0.2) is 4.34 Å². The molecule has 2 N–H and O–H groups in total. The van der Waals surface area contributed by atoms with Gasteiger partial charge in [-0.3, -0.25) is 9.59 Å². The largest absolute Gasteiger partial charge is 0.351 e. The lowest BCUT2D eigenvalue weighted by atomic mass is 10.1. The molecule has 0 spiro atoms. The second kappa shape index (κ2) is 10.1. The molecule has 0 saturated heterocycles. The fourth-order valence-corrected chi connectivity index (χ4v) is 3.93. The summed E-state index contributed by atoms with van der Waals surface area (Å²) in [6, 6.07) is 13.5. The van der Waals surface area contributed by atoms with Gasteiger partial charge in [-0.15, -0.1) is 10.2 Å². The summed E-state index contributed by atoms with van der Waals surface area (Å²) >= 11 is 2.32. The number of carbonyl (C=O) groups excluding carboxylic acids is 2.